The van der Waals surface area contributed by atoms with Crippen LogP contribution in [0.25, 0.3) is 0 Å². The summed E-state index contributed by atoms with van der Waals surface area (Å²) in [7, 11) is 0. The van der Waals surface area contributed by atoms with Gasteiger partial charge in [0.1, 0.15) is 6.20 Å². The fourth-order valence-corrected chi connectivity index (χ4v) is 2.38. The van der Waals surface area contributed by atoms with Gasteiger partial charge in [-0.1, -0.05) is 6.42 Å². The van der Waals surface area contributed by atoms with E-state index >= 15 is 0 Å². The molecule has 1 fully saturated rings. The molecular weight excluding hydrogens is 214 g/mol. The molecule has 0 radical (unpaired) electrons. The SMILES string of the molecule is O=[N+]([O-])c1cn(CC2(CS)CCC2)cn1. The molecule has 0 bridgehead atoms. The quantitative estimate of drug-likeness (QED) is 0.485. The summed E-state index contributed by atoms with van der Waals surface area (Å²) in [4.78, 5) is 13.7. The van der Waals surface area contributed by atoms with Crippen molar-refractivity contribution in [1.29, 1.82) is 0 Å². The first-order chi connectivity index (χ1) is 7.15. The van der Waals surface area contributed by atoms with Gasteiger partial charge >= 0.3 is 5.82 Å². The molecule has 1 aliphatic carbocycles. The molecule has 2 rings (SSSR count). The van der Waals surface area contributed by atoms with Crippen molar-refractivity contribution >= 4 is 18.4 Å². The first-order valence-electron chi connectivity index (χ1n) is 4.92. The molecule has 0 aromatic carbocycles. The minimum absolute atomic E-state index is 0.0800. The van der Waals surface area contributed by atoms with Crippen LogP contribution in [0.3, 0.4) is 0 Å². The van der Waals surface area contributed by atoms with E-state index in [0.29, 0.717) is 0 Å². The molecule has 1 heterocycles. The van der Waals surface area contributed by atoms with Crippen molar-refractivity contribution in [3.8, 4) is 0 Å². The highest BCUT2D eigenvalue weighted by Gasteiger charge is 2.36. The van der Waals surface area contributed by atoms with Crippen LogP contribution < -0.4 is 0 Å². The highest BCUT2D eigenvalue weighted by molar-refractivity contribution is 7.80. The van der Waals surface area contributed by atoms with E-state index in [0.717, 1.165) is 25.1 Å². The van der Waals surface area contributed by atoms with Crippen LogP contribution in [0, 0.1) is 15.5 Å². The largest absolute Gasteiger partial charge is 0.381 e. The van der Waals surface area contributed by atoms with Crippen molar-refractivity contribution in [2.24, 2.45) is 5.41 Å². The Morgan fingerprint density at radius 3 is 2.80 bits per heavy atom. The maximum Gasteiger partial charge on any atom is 0.381 e. The highest BCUT2D eigenvalue weighted by Crippen LogP contribution is 2.43. The zero-order valence-electron chi connectivity index (χ0n) is 8.30. The minimum atomic E-state index is -0.468. The Labute approximate surface area is 93.1 Å². The van der Waals surface area contributed by atoms with Gasteiger partial charge in [-0.3, -0.25) is 0 Å². The normalized spacial score (nSPS) is 18.5. The van der Waals surface area contributed by atoms with Crippen LogP contribution >= 0.6 is 12.6 Å². The van der Waals surface area contributed by atoms with E-state index in [4.69, 9.17) is 0 Å². The van der Waals surface area contributed by atoms with Gasteiger partial charge < -0.3 is 14.7 Å². The summed E-state index contributed by atoms with van der Waals surface area (Å²) in [6, 6.07) is 0. The van der Waals surface area contributed by atoms with Crippen LogP contribution in [0.4, 0.5) is 5.82 Å². The monoisotopic (exact) mass is 227 g/mol. The molecule has 6 heteroatoms. The predicted octanol–water partition coefficient (Wildman–Crippen LogP) is 1.89. The molecule has 1 aromatic rings. The Kier molecular flexibility index (Phi) is 2.68. The Hall–Kier alpha value is -1.04. The number of nitrogens with zero attached hydrogens (tertiary/aromatic N) is 3. The van der Waals surface area contributed by atoms with E-state index in [1.54, 1.807) is 4.57 Å². The summed E-state index contributed by atoms with van der Waals surface area (Å²) < 4.78 is 1.80. The first kappa shape index (κ1) is 10.5. The van der Waals surface area contributed by atoms with E-state index in [9.17, 15) is 10.1 Å². The highest BCUT2D eigenvalue weighted by atomic mass is 32.1. The third kappa shape index (κ3) is 1.99. The summed E-state index contributed by atoms with van der Waals surface area (Å²) in [6.07, 6.45) is 6.56. The fourth-order valence-electron chi connectivity index (χ4n) is 1.96. The van der Waals surface area contributed by atoms with Gasteiger partial charge in [0, 0.05) is 6.54 Å². The lowest BCUT2D eigenvalue weighted by molar-refractivity contribution is -0.389. The summed E-state index contributed by atoms with van der Waals surface area (Å²) in [5, 5.41) is 10.4. The molecule has 0 atom stereocenters. The minimum Gasteiger partial charge on any atom is -0.358 e. The molecule has 1 aliphatic rings. The number of hydrogen-bond acceptors (Lipinski definition) is 4. The van der Waals surface area contributed by atoms with Crippen LogP contribution in [0.1, 0.15) is 19.3 Å². The molecule has 1 saturated carbocycles. The zero-order chi connectivity index (χ0) is 10.9. The average molecular weight is 227 g/mol. The number of hydrogen-bond donors (Lipinski definition) is 1. The van der Waals surface area contributed by atoms with Crippen LogP contribution in [0.15, 0.2) is 12.5 Å². The lowest BCUT2D eigenvalue weighted by atomic mass is 9.70. The lowest BCUT2D eigenvalue weighted by Crippen LogP contribution is -2.35. The Balaban J connectivity index is 2.07. The van der Waals surface area contributed by atoms with Gasteiger partial charge in [-0.2, -0.15) is 12.6 Å². The third-order valence-electron chi connectivity index (χ3n) is 3.07. The number of nitro groups is 1. The average Bonchev–Trinajstić information content (AvgIpc) is 2.59. The number of rotatable bonds is 4. The fraction of sp³-hybridized carbons (Fsp3) is 0.667. The number of thiol groups is 1. The van der Waals surface area contributed by atoms with Gasteiger partial charge in [-0.15, -0.1) is 0 Å². The van der Waals surface area contributed by atoms with Crippen LogP contribution in [0.5, 0.6) is 0 Å². The van der Waals surface area contributed by atoms with Gasteiger partial charge in [0.05, 0.1) is 0 Å². The Morgan fingerprint density at radius 1 is 1.67 bits per heavy atom. The molecular formula is C9H13N3O2S. The van der Waals surface area contributed by atoms with Crippen LogP contribution in [0.2, 0.25) is 0 Å². The Bertz CT molecular complexity index is 368. The van der Waals surface area contributed by atoms with E-state index in [1.807, 2.05) is 0 Å². The summed E-state index contributed by atoms with van der Waals surface area (Å²) in [5.74, 6) is 0.752. The van der Waals surface area contributed by atoms with Gasteiger partial charge in [0.15, 0.2) is 0 Å². The maximum absolute atomic E-state index is 10.4. The van der Waals surface area contributed by atoms with Gasteiger partial charge in [-0.25, -0.2) is 0 Å². The van der Waals surface area contributed by atoms with E-state index in [2.05, 4.69) is 17.6 Å². The second-order valence-corrected chi connectivity index (χ2v) is 4.49. The molecule has 0 saturated heterocycles. The van der Waals surface area contributed by atoms with E-state index < -0.39 is 4.92 Å². The smallest absolute Gasteiger partial charge is 0.358 e. The molecule has 1 aromatic heterocycles. The summed E-state index contributed by atoms with van der Waals surface area (Å²) in [6.45, 7) is 0.789. The molecule has 0 spiro atoms. The standard InChI is InChI=1S/C9H13N3O2S/c13-12(14)8-4-11(7-10-8)5-9(6-15)2-1-3-9/h4,7,15H,1-3,5-6H2. The van der Waals surface area contributed by atoms with Crippen molar-refractivity contribution in [1.82, 2.24) is 9.55 Å². The van der Waals surface area contributed by atoms with Crippen molar-refractivity contribution in [2.45, 2.75) is 25.8 Å². The molecule has 0 N–H and O–H groups in total. The summed E-state index contributed by atoms with van der Waals surface area (Å²) >= 11 is 4.34. The van der Waals surface area contributed by atoms with Crippen molar-refractivity contribution < 1.29 is 4.92 Å². The molecule has 5 nitrogen and oxygen atoms in total. The second-order valence-electron chi connectivity index (χ2n) is 4.17. The van der Waals surface area contributed by atoms with Crippen molar-refractivity contribution in [3.63, 3.8) is 0 Å². The Morgan fingerprint density at radius 2 is 2.40 bits per heavy atom. The van der Waals surface area contributed by atoms with E-state index in [1.165, 1.54) is 18.9 Å². The first-order valence-corrected chi connectivity index (χ1v) is 5.55. The molecule has 0 amide bonds. The predicted molar refractivity (Wildman–Crippen MR) is 59.0 cm³/mol. The topological polar surface area (TPSA) is 61.0 Å². The van der Waals surface area contributed by atoms with Gasteiger partial charge in [0.2, 0.25) is 6.33 Å². The van der Waals surface area contributed by atoms with Crippen LogP contribution in [-0.2, 0) is 6.54 Å². The third-order valence-corrected chi connectivity index (χ3v) is 3.75. The maximum atomic E-state index is 10.4. The number of imidazole rings is 1. The number of aromatic nitrogens is 2. The molecule has 0 unspecified atom stereocenters. The summed E-state index contributed by atoms with van der Waals surface area (Å²) in [5.41, 5.74) is 0.234. The van der Waals surface area contributed by atoms with E-state index in [-0.39, 0.29) is 11.2 Å². The molecule has 82 valence electrons. The second kappa shape index (κ2) is 3.84. The molecule has 0 aliphatic heterocycles. The molecule has 15 heavy (non-hydrogen) atoms. The van der Waals surface area contributed by atoms with Gasteiger partial charge in [-0.05, 0) is 33.9 Å². The van der Waals surface area contributed by atoms with Crippen LogP contribution in [-0.4, -0.2) is 20.2 Å². The van der Waals surface area contributed by atoms with Crippen molar-refractivity contribution in [2.75, 3.05) is 5.75 Å². The van der Waals surface area contributed by atoms with Crippen molar-refractivity contribution in [3.05, 3.63) is 22.6 Å². The zero-order valence-corrected chi connectivity index (χ0v) is 9.19. The van der Waals surface area contributed by atoms with Gasteiger partial charge in [0.25, 0.3) is 0 Å². The lowest BCUT2D eigenvalue weighted by Gasteiger charge is -2.40.